The molecule has 15 heteroatoms. The second-order valence-corrected chi connectivity index (χ2v) is 6.15. The van der Waals surface area contributed by atoms with Crippen molar-refractivity contribution < 1.29 is 95.1 Å². The molecule has 0 saturated carbocycles. The minimum Gasteiger partial charge on any atom is -0.509 e. The zero-order chi connectivity index (χ0) is 23.0. The van der Waals surface area contributed by atoms with Crippen LogP contribution in [0.15, 0.2) is 23.2 Å². The van der Waals surface area contributed by atoms with Crippen LogP contribution >= 0.6 is 0 Å². The van der Waals surface area contributed by atoms with E-state index in [1.807, 2.05) is 0 Å². The molecule has 1 atom stereocenters. The van der Waals surface area contributed by atoms with Gasteiger partial charge in [0.15, 0.2) is 17.8 Å². The number of nitrogens with two attached hydrogens (primary N) is 2. The van der Waals surface area contributed by atoms with Gasteiger partial charge in [-0.3, -0.25) is 28.4 Å². The van der Waals surface area contributed by atoms with Gasteiger partial charge in [0.05, 0.1) is 19.3 Å². The number of allylic oxidation sites excluding steroid dienone is 1. The number of imide groups is 2. The molecular formula is C16H21FKN5O8. The molecule has 1 unspecified atom stereocenters. The van der Waals surface area contributed by atoms with Crippen LogP contribution in [0.5, 0.6) is 0 Å². The standard InChI is InChI=1S/C16H22FN5O8.K/c17-5-1-2-8(18)6-21(19)7-10(23)12-13(26)20-16(30)22(14(12)27)9(15(28)29)3-4-11(24)25;/h6,9H,1-5,7,18-19H2,(H4,20,23,24,25,26,27,28,29,30);/q;+1/p-1/b8-6-;. The predicted octanol–water partition coefficient (Wildman–Crippen LogP) is -3.29. The molecule has 4 amide bonds. The van der Waals surface area contributed by atoms with E-state index in [0.29, 0.717) is 0 Å². The van der Waals surface area contributed by atoms with Crippen molar-refractivity contribution in [3.8, 4) is 0 Å². The van der Waals surface area contributed by atoms with Crippen molar-refractivity contribution in [3.63, 3.8) is 0 Å². The molecule has 0 bridgehead atoms. The Hall–Kier alpha value is -2.04. The van der Waals surface area contributed by atoms with E-state index in [-0.39, 0.29) is 74.8 Å². The number of hydrogen-bond donors (Lipinski definition) is 5. The molecule has 31 heavy (non-hydrogen) atoms. The first-order valence-corrected chi connectivity index (χ1v) is 8.53. The largest absolute Gasteiger partial charge is 1.00 e. The summed E-state index contributed by atoms with van der Waals surface area (Å²) >= 11 is 0. The number of halogens is 1. The molecule has 0 aliphatic carbocycles. The molecule has 1 fully saturated rings. The van der Waals surface area contributed by atoms with Crippen molar-refractivity contribution in [2.45, 2.75) is 31.7 Å². The van der Waals surface area contributed by atoms with Crippen molar-refractivity contribution >= 4 is 29.8 Å². The number of aliphatic hydroxyl groups excluding tert-OH is 1. The van der Waals surface area contributed by atoms with Gasteiger partial charge >= 0.3 is 63.3 Å². The van der Waals surface area contributed by atoms with Crippen LogP contribution in [-0.4, -0.2) is 74.3 Å². The Labute approximate surface area is 218 Å². The second kappa shape index (κ2) is 13.4. The summed E-state index contributed by atoms with van der Waals surface area (Å²) in [5.41, 5.74) is 4.75. The normalized spacial score (nSPS) is 16.9. The maximum Gasteiger partial charge on any atom is 1.00 e. The summed E-state index contributed by atoms with van der Waals surface area (Å²) in [7, 11) is 0. The van der Waals surface area contributed by atoms with Gasteiger partial charge in [-0.2, -0.15) is 0 Å². The number of barbiturate groups is 1. The first-order valence-electron chi connectivity index (χ1n) is 8.53. The monoisotopic (exact) mass is 469 g/mol. The first kappa shape index (κ1) is 29.0. The van der Waals surface area contributed by atoms with Gasteiger partial charge in [-0.15, -0.1) is 0 Å². The number of carboxylic acids is 2. The summed E-state index contributed by atoms with van der Waals surface area (Å²) in [6.07, 6.45) is 0.0739. The molecule has 0 aromatic carbocycles. The fourth-order valence-corrected chi connectivity index (χ4v) is 2.49. The number of aliphatic carboxylic acids is 2. The Morgan fingerprint density at radius 2 is 1.81 bits per heavy atom. The summed E-state index contributed by atoms with van der Waals surface area (Å²) < 4.78 is 12.2. The maximum absolute atomic E-state index is 12.6. The number of amides is 4. The van der Waals surface area contributed by atoms with Gasteiger partial charge in [0.25, 0.3) is 0 Å². The Morgan fingerprint density at radius 3 is 2.32 bits per heavy atom. The summed E-state index contributed by atoms with van der Waals surface area (Å²) in [6.45, 7) is -1.26. The van der Waals surface area contributed by atoms with E-state index in [2.05, 4.69) is 5.32 Å². The van der Waals surface area contributed by atoms with Crippen LogP contribution in [0.1, 0.15) is 25.7 Å². The Kier molecular flexibility index (Phi) is 12.5. The first-order chi connectivity index (χ1) is 14.0. The van der Waals surface area contributed by atoms with Crippen LogP contribution in [0.4, 0.5) is 9.18 Å². The Morgan fingerprint density at radius 1 is 1.19 bits per heavy atom. The number of carbonyl (C=O) groups excluding carboxylic acids is 3. The van der Waals surface area contributed by atoms with Crippen molar-refractivity contribution in [2.75, 3.05) is 13.2 Å². The van der Waals surface area contributed by atoms with Gasteiger partial charge in [0.2, 0.25) is 0 Å². The Balaban J connectivity index is 0.00000900. The number of urea groups is 1. The summed E-state index contributed by atoms with van der Waals surface area (Å²) in [5.74, 6) is -1.28. The van der Waals surface area contributed by atoms with E-state index in [4.69, 9.17) is 16.7 Å². The molecule has 166 valence electrons. The van der Waals surface area contributed by atoms with E-state index in [9.17, 15) is 38.6 Å². The molecular weight excluding hydrogens is 448 g/mol. The zero-order valence-electron chi connectivity index (χ0n) is 16.7. The van der Waals surface area contributed by atoms with Crippen LogP contribution < -0.4 is 63.0 Å². The number of hydrogen-bond acceptors (Lipinski definition) is 9. The number of rotatable bonds is 11. The minimum atomic E-state index is -1.93. The van der Waals surface area contributed by atoms with Crippen molar-refractivity contribution in [1.82, 2.24) is 9.91 Å². The third-order valence-electron chi connectivity index (χ3n) is 3.83. The van der Waals surface area contributed by atoms with Crippen LogP contribution in [0.25, 0.3) is 5.32 Å². The van der Waals surface area contributed by atoms with Gasteiger partial charge in [-0.1, -0.05) is 0 Å². The molecule has 7 N–H and O–H groups in total. The molecule has 1 rings (SSSR count). The van der Waals surface area contributed by atoms with Crippen LogP contribution in [0.2, 0.25) is 0 Å². The molecule has 1 saturated heterocycles. The van der Waals surface area contributed by atoms with Crippen molar-refractivity contribution in [1.29, 1.82) is 0 Å². The van der Waals surface area contributed by atoms with Gasteiger partial charge < -0.3 is 36.3 Å². The van der Waals surface area contributed by atoms with E-state index in [0.717, 1.165) is 11.2 Å². The summed E-state index contributed by atoms with van der Waals surface area (Å²) in [4.78, 5) is 58.7. The summed E-state index contributed by atoms with van der Waals surface area (Å²) in [6, 6.07) is -3.43. The van der Waals surface area contributed by atoms with Crippen LogP contribution in [0.3, 0.4) is 0 Å². The number of nitrogens with zero attached hydrogens (tertiary/aromatic N) is 3. The molecule has 13 nitrogen and oxygen atoms in total. The van der Waals surface area contributed by atoms with E-state index >= 15 is 0 Å². The van der Waals surface area contributed by atoms with Crippen molar-refractivity contribution in [3.05, 3.63) is 28.5 Å². The Bertz CT molecular complexity index is 803. The maximum atomic E-state index is 12.6. The van der Waals surface area contributed by atoms with Crippen LogP contribution in [0, 0.1) is 0 Å². The average Bonchev–Trinajstić information content (AvgIpc) is 2.61. The van der Waals surface area contributed by atoms with Gasteiger partial charge in [0, 0.05) is 18.3 Å². The van der Waals surface area contributed by atoms with Gasteiger partial charge in [-0.05, 0) is 19.3 Å². The fourth-order valence-electron chi connectivity index (χ4n) is 2.49. The van der Waals surface area contributed by atoms with E-state index in [1.54, 1.807) is 0 Å². The van der Waals surface area contributed by atoms with E-state index < -0.39 is 73.2 Å². The molecule has 0 aromatic rings. The molecule has 0 radical (unpaired) electrons. The molecule has 1 aliphatic heterocycles. The number of alkyl halides is 1. The molecule has 0 aromatic heterocycles. The molecule has 1 aliphatic rings. The number of carbonyl (C=O) groups is 5. The molecule has 0 spiro atoms. The summed E-state index contributed by atoms with van der Waals surface area (Å²) in [5, 5.41) is 31.9. The SMILES string of the molecule is N/C(=C\N(N)C/C(O)=C1/C(=O)[N-]C(=O)N(C(CCC(=O)O)C(=O)O)C1=O)CCCF.[K+]. The quantitative estimate of drug-likeness (QED) is 0.0504. The fraction of sp³-hybridized carbons (Fsp3) is 0.438. The number of aliphatic hydroxyl groups is 1. The third-order valence-corrected chi connectivity index (χ3v) is 3.83. The number of carboxylic acid groups (broad SMARTS) is 2. The second-order valence-electron chi connectivity index (χ2n) is 6.15. The third kappa shape index (κ3) is 8.54. The van der Waals surface area contributed by atoms with E-state index in [1.165, 1.54) is 0 Å². The van der Waals surface area contributed by atoms with Crippen molar-refractivity contribution in [2.24, 2.45) is 11.6 Å². The van der Waals surface area contributed by atoms with Gasteiger partial charge in [-0.25, -0.2) is 5.84 Å². The zero-order valence-corrected chi connectivity index (χ0v) is 19.8. The minimum absolute atomic E-state index is 0. The molecule has 1 heterocycles. The topological polar surface area (TPSA) is 219 Å². The number of hydrazine groups is 1. The smallest absolute Gasteiger partial charge is 0.509 e. The predicted molar refractivity (Wildman–Crippen MR) is 96.9 cm³/mol. The van der Waals surface area contributed by atoms with Gasteiger partial charge in [0.1, 0.15) is 11.3 Å². The average molecular weight is 469 g/mol. The van der Waals surface area contributed by atoms with Crippen LogP contribution in [-0.2, 0) is 19.2 Å².